The first-order valence-electron chi connectivity index (χ1n) is 7.14. The van der Waals surface area contributed by atoms with Crippen LogP contribution < -0.4 is 0 Å². The number of hydrogen-bond acceptors (Lipinski definition) is 2. The van der Waals surface area contributed by atoms with Crippen molar-refractivity contribution < 1.29 is 5.11 Å². The maximum Gasteiger partial charge on any atom is 0.0938 e. The van der Waals surface area contributed by atoms with E-state index in [0.29, 0.717) is 0 Å². The van der Waals surface area contributed by atoms with E-state index in [1.165, 1.54) is 0 Å². The largest absolute Gasteiger partial charge is 0.388 e. The number of rotatable bonds is 1. The number of nitrogens with zero attached hydrogens (tertiary/aromatic N) is 3. The summed E-state index contributed by atoms with van der Waals surface area (Å²) in [6.07, 6.45) is -0.828. The second-order valence-corrected chi connectivity index (χ2v) is 5.43. The van der Waals surface area contributed by atoms with Gasteiger partial charge in [-0.3, -0.25) is 0 Å². The first-order valence-corrected chi connectivity index (χ1v) is 7.14. The second kappa shape index (κ2) is 4.88. The van der Waals surface area contributed by atoms with Crippen LogP contribution in [0, 0.1) is 0 Å². The second-order valence-electron chi connectivity index (χ2n) is 5.43. The zero-order chi connectivity index (χ0) is 15.1. The van der Waals surface area contributed by atoms with Gasteiger partial charge in [0.2, 0.25) is 0 Å². The number of aliphatic hydroxyl groups excluding tert-OH is 1. The maximum atomic E-state index is 10.7. The van der Waals surface area contributed by atoms with Gasteiger partial charge >= 0.3 is 0 Å². The normalized spacial score (nSPS) is 19.1. The van der Waals surface area contributed by atoms with Gasteiger partial charge in [0, 0.05) is 4.91 Å². The summed E-state index contributed by atoms with van der Waals surface area (Å²) in [4.78, 5) is 2.95. The minimum atomic E-state index is -0.828. The molecule has 2 atom stereocenters. The molecule has 0 amide bonds. The predicted molar refractivity (Wildman–Crippen MR) is 86.2 cm³/mol. The molecule has 3 aromatic carbocycles. The van der Waals surface area contributed by atoms with Gasteiger partial charge in [-0.15, -0.1) is 0 Å². The Morgan fingerprint density at radius 2 is 1.68 bits per heavy atom. The molecule has 0 saturated carbocycles. The molecule has 0 radical (unpaired) electrons. The van der Waals surface area contributed by atoms with Crippen molar-refractivity contribution >= 4 is 10.8 Å². The van der Waals surface area contributed by atoms with Crippen molar-refractivity contribution in [2.75, 3.05) is 0 Å². The lowest BCUT2D eigenvalue weighted by atomic mass is 9.79. The van der Waals surface area contributed by atoms with E-state index < -0.39 is 12.1 Å². The van der Waals surface area contributed by atoms with Crippen molar-refractivity contribution in [3.8, 4) is 11.1 Å². The molecule has 22 heavy (non-hydrogen) atoms. The van der Waals surface area contributed by atoms with Crippen molar-refractivity contribution in [1.82, 2.24) is 0 Å². The highest BCUT2D eigenvalue weighted by Crippen LogP contribution is 2.48. The van der Waals surface area contributed by atoms with E-state index in [1.54, 1.807) is 0 Å². The molecule has 4 rings (SSSR count). The monoisotopic (exact) mass is 287 g/mol. The molecule has 0 heterocycles. The Kier molecular flexibility index (Phi) is 2.86. The fourth-order valence-corrected chi connectivity index (χ4v) is 3.35. The molecule has 106 valence electrons. The Labute approximate surface area is 127 Å². The first kappa shape index (κ1) is 12.9. The number of benzene rings is 3. The summed E-state index contributed by atoms with van der Waals surface area (Å²) in [7, 11) is 0. The molecule has 0 fully saturated rings. The van der Waals surface area contributed by atoms with Gasteiger partial charge in [0.15, 0.2) is 0 Å². The zero-order valence-electron chi connectivity index (χ0n) is 11.7. The number of aliphatic hydroxyl groups is 1. The van der Waals surface area contributed by atoms with Crippen LogP contribution in [0.4, 0.5) is 0 Å². The lowest BCUT2D eigenvalue weighted by Crippen LogP contribution is -2.16. The molecule has 3 aromatic rings. The van der Waals surface area contributed by atoms with Gasteiger partial charge in [0.05, 0.1) is 12.1 Å². The van der Waals surface area contributed by atoms with E-state index in [1.807, 2.05) is 54.6 Å². The average Bonchev–Trinajstić information content (AvgIpc) is 2.58. The van der Waals surface area contributed by atoms with Crippen molar-refractivity contribution in [2.45, 2.75) is 12.1 Å². The maximum absolute atomic E-state index is 10.7. The average molecular weight is 287 g/mol. The van der Waals surface area contributed by atoms with E-state index in [2.05, 4.69) is 16.1 Å². The van der Waals surface area contributed by atoms with Crippen LogP contribution in [0.3, 0.4) is 0 Å². The third-order valence-corrected chi connectivity index (χ3v) is 4.31. The van der Waals surface area contributed by atoms with Gasteiger partial charge in [0.1, 0.15) is 0 Å². The minimum absolute atomic E-state index is 0.610. The predicted octanol–water partition coefficient (Wildman–Crippen LogP) is 4.91. The van der Waals surface area contributed by atoms with Gasteiger partial charge in [-0.2, -0.15) is 0 Å². The van der Waals surface area contributed by atoms with Gasteiger partial charge in [-0.25, -0.2) is 0 Å². The Morgan fingerprint density at radius 3 is 2.55 bits per heavy atom. The smallest absolute Gasteiger partial charge is 0.0938 e. The standard InChI is InChI=1S/C18H13N3O/c19-21-20-17-16-12-6-2-1-5-11(12)9-10-14(16)13-7-3-4-8-15(13)18(17)22/h1-10,17-18,22H/t17-,18-/m1/s1. The summed E-state index contributed by atoms with van der Waals surface area (Å²) in [6.45, 7) is 0. The highest BCUT2D eigenvalue weighted by Gasteiger charge is 2.32. The van der Waals surface area contributed by atoms with Gasteiger partial charge < -0.3 is 5.11 Å². The number of fused-ring (bicyclic) bond motifs is 5. The van der Waals surface area contributed by atoms with Crippen LogP contribution in [0.1, 0.15) is 23.3 Å². The minimum Gasteiger partial charge on any atom is -0.388 e. The zero-order valence-corrected chi connectivity index (χ0v) is 11.7. The molecule has 0 aromatic heterocycles. The third kappa shape index (κ3) is 1.72. The molecule has 0 bridgehead atoms. The molecule has 0 aliphatic heterocycles. The van der Waals surface area contributed by atoms with E-state index >= 15 is 0 Å². The topological polar surface area (TPSA) is 69.0 Å². The van der Waals surface area contributed by atoms with Crippen LogP contribution >= 0.6 is 0 Å². The van der Waals surface area contributed by atoms with Crippen molar-refractivity contribution in [3.05, 3.63) is 82.2 Å². The lowest BCUT2D eigenvalue weighted by Gasteiger charge is -2.30. The molecular weight excluding hydrogens is 274 g/mol. The molecule has 4 heteroatoms. The number of azide groups is 1. The summed E-state index contributed by atoms with van der Waals surface area (Å²) in [6, 6.07) is 19.2. The van der Waals surface area contributed by atoms with Crippen LogP contribution in [0.2, 0.25) is 0 Å². The highest BCUT2D eigenvalue weighted by molar-refractivity contribution is 5.94. The van der Waals surface area contributed by atoms with E-state index in [-0.39, 0.29) is 0 Å². The van der Waals surface area contributed by atoms with E-state index in [4.69, 9.17) is 5.53 Å². The van der Waals surface area contributed by atoms with Crippen LogP contribution in [0.15, 0.2) is 65.8 Å². The summed E-state index contributed by atoms with van der Waals surface area (Å²) in [5.74, 6) is 0. The van der Waals surface area contributed by atoms with Crippen molar-refractivity contribution in [3.63, 3.8) is 0 Å². The van der Waals surface area contributed by atoms with Crippen LogP contribution in [0.25, 0.3) is 32.3 Å². The molecule has 0 unspecified atom stereocenters. The number of hydrogen-bond donors (Lipinski definition) is 1. The van der Waals surface area contributed by atoms with Crippen LogP contribution in [0.5, 0.6) is 0 Å². The van der Waals surface area contributed by atoms with Crippen molar-refractivity contribution in [2.24, 2.45) is 5.11 Å². The van der Waals surface area contributed by atoms with Gasteiger partial charge in [0.25, 0.3) is 0 Å². The Morgan fingerprint density at radius 1 is 0.909 bits per heavy atom. The SMILES string of the molecule is [N-]=[N+]=N[C@@H]1c2c(ccc3ccccc23)-c2ccccc2[C@H]1O. The molecule has 4 nitrogen and oxygen atoms in total. The molecule has 1 N–H and O–H groups in total. The quantitative estimate of drug-likeness (QED) is 0.386. The molecule has 1 aliphatic rings. The summed E-state index contributed by atoms with van der Waals surface area (Å²) >= 11 is 0. The first-order chi connectivity index (χ1) is 10.8. The molecule has 0 saturated heterocycles. The Bertz CT molecular complexity index is 929. The van der Waals surface area contributed by atoms with Crippen molar-refractivity contribution in [1.29, 1.82) is 0 Å². The van der Waals surface area contributed by atoms with Gasteiger partial charge in [-0.05, 0) is 38.6 Å². The summed E-state index contributed by atoms with van der Waals surface area (Å²) < 4.78 is 0. The molecule has 0 spiro atoms. The van der Waals surface area contributed by atoms with Crippen LogP contribution in [-0.4, -0.2) is 5.11 Å². The fraction of sp³-hybridized carbons (Fsp3) is 0.111. The Hall–Kier alpha value is -2.81. The third-order valence-electron chi connectivity index (χ3n) is 4.31. The molecule has 1 aliphatic carbocycles. The van der Waals surface area contributed by atoms with Gasteiger partial charge in [-0.1, -0.05) is 65.8 Å². The van der Waals surface area contributed by atoms with Crippen LogP contribution in [-0.2, 0) is 0 Å². The molecular formula is C18H13N3O. The summed E-state index contributed by atoms with van der Waals surface area (Å²) in [5.41, 5.74) is 12.7. The lowest BCUT2D eigenvalue weighted by molar-refractivity contribution is 0.146. The highest BCUT2D eigenvalue weighted by atomic mass is 16.3. The Balaban J connectivity index is 2.15. The fourth-order valence-electron chi connectivity index (χ4n) is 3.35. The van der Waals surface area contributed by atoms with E-state index in [9.17, 15) is 5.11 Å². The van der Waals surface area contributed by atoms with E-state index in [0.717, 1.165) is 33.0 Å². The summed E-state index contributed by atoms with van der Waals surface area (Å²) in [5, 5.41) is 16.7.